The van der Waals surface area contributed by atoms with Crippen molar-refractivity contribution >= 4 is 5.97 Å². The molecule has 0 radical (unpaired) electrons. The fourth-order valence-corrected chi connectivity index (χ4v) is 2.12. The van der Waals surface area contributed by atoms with Gasteiger partial charge in [0, 0.05) is 18.6 Å². The van der Waals surface area contributed by atoms with Crippen molar-refractivity contribution in [3.63, 3.8) is 0 Å². The summed E-state index contributed by atoms with van der Waals surface area (Å²) < 4.78 is 10.4. The molecular formula is C11H19NO3. The summed E-state index contributed by atoms with van der Waals surface area (Å²) in [6.45, 7) is 3.13. The first-order valence-corrected chi connectivity index (χ1v) is 5.81. The van der Waals surface area contributed by atoms with Crippen LogP contribution in [-0.2, 0) is 14.3 Å². The predicted molar refractivity (Wildman–Crippen MR) is 55.5 cm³/mol. The second-order valence-electron chi connectivity index (χ2n) is 4.41. The van der Waals surface area contributed by atoms with E-state index >= 15 is 0 Å². The van der Waals surface area contributed by atoms with Gasteiger partial charge in [-0.2, -0.15) is 0 Å². The molecule has 2 aliphatic rings. The van der Waals surface area contributed by atoms with Crippen LogP contribution in [-0.4, -0.2) is 38.4 Å². The van der Waals surface area contributed by atoms with Gasteiger partial charge in [-0.25, -0.2) is 0 Å². The van der Waals surface area contributed by atoms with Crippen LogP contribution in [0.5, 0.6) is 0 Å². The standard InChI is InChI=1S/C11H19NO3/c13-11(6-10-2-1-4-12-10)15-8-9-3-5-14-7-9/h9-10,12H,1-8H2. The van der Waals surface area contributed by atoms with Gasteiger partial charge in [-0.1, -0.05) is 0 Å². The summed E-state index contributed by atoms with van der Waals surface area (Å²) in [6, 6.07) is 0.345. The summed E-state index contributed by atoms with van der Waals surface area (Å²) in [7, 11) is 0. The van der Waals surface area contributed by atoms with Crippen LogP contribution >= 0.6 is 0 Å². The zero-order valence-electron chi connectivity index (χ0n) is 9.04. The van der Waals surface area contributed by atoms with Gasteiger partial charge in [-0.15, -0.1) is 0 Å². The third kappa shape index (κ3) is 3.47. The molecule has 2 fully saturated rings. The van der Waals surface area contributed by atoms with Crippen molar-refractivity contribution in [1.82, 2.24) is 5.32 Å². The van der Waals surface area contributed by atoms with Crippen LogP contribution in [0, 0.1) is 5.92 Å². The molecule has 0 amide bonds. The van der Waals surface area contributed by atoms with Crippen LogP contribution in [0.15, 0.2) is 0 Å². The van der Waals surface area contributed by atoms with E-state index in [1.165, 1.54) is 6.42 Å². The minimum absolute atomic E-state index is 0.0682. The number of hydrogen-bond acceptors (Lipinski definition) is 4. The van der Waals surface area contributed by atoms with E-state index in [0.29, 0.717) is 25.0 Å². The molecule has 15 heavy (non-hydrogen) atoms. The van der Waals surface area contributed by atoms with E-state index < -0.39 is 0 Å². The zero-order valence-corrected chi connectivity index (χ0v) is 9.04. The van der Waals surface area contributed by atoms with Gasteiger partial charge in [0.1, 0.15) is 0 Å². The van der Waals surface area contributed by atoms with E-state index in [2.05, 4.69) is 5.32 Å². The Morgan fingerprint density at radius 3 is 3.07 bits per heavy atom. The van der Waals surface area contributed by atoms with E-state index in [4.69, 9.17) is 9.47 Å². The summed E-state index contributed by atoms with van der Waals surface area (Å²) in [6.07, 6.45) is 3.82. The molecule has 4 nitrogen and oxygen atoms in total. The van der Waals surface area contributed by atoms with Gasteiger partial charge in [0.15, 0.2) is 0 Å². The number of hydrogen-bond donors (Lipinski definition) is 1. The zero-order chi connectivity index (χ0) is 10.5. The first kappa shape index (κ1) is 10.9. The molecule has 0 saturated carbocycles. The first-order valence-electron chi connectivity index (χ1n) is 5.81. The van der Waals surface area contributed by atoms with E-state index in [1.807, 2.05) is 0 Å². The molecule has 0 bridgehead atoms. The highest BCUT2D eigenvalue weighted by atomic mass is 16.5. The van der Waals surface area contributed by atoms with Crippen LogP contribution < -0.4 is 5.32 Å². The average molecular weight is 213 g/mol. The normalized spacial score (nSPS) is 30.7. The van der Waals surface area contributed by atoms with Crippen LogP contribution in [0.1, 0.15) is 25.7 Å². The highest BCUT2D eigenvalue weighted by Crippen LogP contribution is 2.14. The summed E-state index contributed by atoms with van der Waals surface area (Å²) >= 11 is 0. The lowest BCUT2D eigenvalue weighted by molar-refractivity contribution is -0.145. The molecule has 2 unspecified atom stereocenters. The van der Waals surface area contributed by atoms with Gasteiger partial charge in [0.25, 0.3) is 0 Å². The van der Waals surface area contributed by atoms with Crippen molar-refractivity contribution in [2.24, 2.45) is 5.92 Å². The van der Waals surface area contributed by atoms with Gasteiger partial charge < -0.3 is 14.8 Å². The number of ether oxygens (including phenoxy) is 2. The number of nitrogens with one attached hydrogen (secondary N) is 1. The van der Waals surface area contributed by atoms with Gasteiger partial charge in [0.05, 0.1) is 19.6 Å². The minimum Gasteiger partial charge on any atom is -0.465 e. The maximum absolute atomic E-state index is 11.5. The predicted octanol–water partition coefficient (Wildman–Crippen LogP) is 0.708. The molecule has 0 spiro atoms. The lowest BCUT2D eigenvalue weighted by atomic mass is 10.1. The molecule has 2 atom stereocenters. The Bertz CT molecular complexity index is 208. The van der Waals surface area contributed by atoms with Crippen molar-refractivity contribution in [2.45, 2.75) is 31.7 Å². The molecule has 2 rings (SSSR count). The second-order valence-corrected chi connectivity index (χ2v) is 4.41. The Morgan fingerprint density at radius 1 is 1.47 bits per heavy atom. The topological polar surface area (TPSA) is 47.6 Å². The molecule has 2 saturated heterocycles. The fourth-order valence-electron chi connectivity index (χ4n) is 2.12. The number of carbonyl (C=O) groups is 1. The molecular weight excluding hydrogens is 194 g/mol. The quantitative estimate of drug-likeness (QED) is 0.699. The van der Waals surface area contributed by atoms with E-state index in [0.717, 1.165) is 32.6 Å². The molecule has 2 aliphatic heterocycles. The van der Waals surface area contributed by atoms with Crippen LogP contribution in [0.2, 0.25) is 0 Å². The minimum atomic E-state index is -0.0682. The van der Waals surface area contributed by atoms with Crippen molar-refractivity contribution < 1.29 is 14.3 Å². The smallest absolute Gasteiger partial charge is 0.307 e. The molecule has 0 aliphatic carbocycles. The van der Waals surface area contributed by atoms with Gasteiger partial charge >= 0.3 is 5.97 Å². The highest BCUT2D eigenvalue weighted by Gasteiger charge is 2.21. The summed E-state index contributed by atoms with van der Waals surface area (Å²) in [4.78, 5) is 11.5. The first-order chi connectivity index (χ1) is 7.34. The molecule has 4 heteroatoms. The van der Waals surface area contributed by atoms with Crippen molar-refractivity contribution in [3.05, 3.63) is 0 Å². The van der Waals surface area contributed by atoms with E-state index in [-0.39, 0.29) is 5.97 Å². The number of esters is 1. The highest BCUT2D eigenvalue weighted by molar-refractivity contribution is 5.70. The molecule has 1 N–H and O–H groups in total. The summed E-state index contributed by atoms with van der Waals surface area (Å²) in [5.74, 6) is 0.354. The summed E-state index contributed by atoms with van der Waals surface area (Å²) in [5.41, 5.74) is 0. The van der Waals surface area contributed by atoms with Crippen molar-refractivity contribution in [3.8, 4) is 0 Å². The Labute approximate surface area is 90.3 Å². The fraction of sp³-hybridized carbons (Fsp3) is 0.909. The van der Waals surface area contributed by atoms with E-state index in [9.17, 15) is 4.79 Å². The van der Waals surface area contributed by atoms with Crippen LogP contribution in [0.4, 0.5) is 0 Å². The summed E-state index contributed by atoms with van der Waals surface area (Å²) in [5, 5.41) is 3.29. The molecule has 0 aromatic carbocycles. The maximum Gasteiger partial charge on any atom is 0.307 e. The third-order valence-corrected chi connectivity index (χ3v) is 3.08. The Kier molecular flexibility index (Phi) is 3.97. The van der Waals surface area contributed by atoms with Gasteiger partial charge in [-0.05, 0) is 25.8 Å². The SMILES string of the molecule is O=C(CC1CCCN1)OCC1CCOC1. The molecule has 0 aromatic heterocycles. The Balaban J connectivity index is 1.59. The monoisotopic (exact) mass is 213 g/mol. The van der Waals surface area contributed by atoms with Crippen molar-refractivity contribution in [1.29, 1.82) is 0 Å². The average Bonchev–Trinajstić information content (AvgIpc) is 2.86. The Morgan fingerprint density at radius 2 is 2.40 bits per heavy atom. The maximum atomic E-state index is 11.5. The van der Waals surface area contributed by atoms with Crippen LogP contribution in [0.3, 0.4) is 0 Å². The Hall–Kier alpha value is -0.610. The largest absolute Gasteiger partial charge is 0.465 e. The van der Waals surface area contributed by atoms with Gasteiger partial charge in [0.2, 0.25) is 0 Å². The lowest BCUT2D eigenvalue weighted by Crippen LogP contribution is -2.26. The molecule has 2 heterocycles. The number of rotatable bonds is 4. The number of carbonyl (C=O) groups excluding carboxylic acids is 1. The lowest BCUT2D eigenvalue weighted by Gasteiger charge is -2.11. The van der Waals surface area contributed by atoms with Crippen molar-refractivity contribution in [2.75, 3.05) is 26.4 Å². The van der Waals surface area contributed by atoms with E-state index in [1.54, 1.807) is 0 Å². The molecule has 86 valence electrons. The second kappa shape index (κ2) is 5.47. The molecule has 0 aromatic rings. The van der Waals surface area contributed by atoms with Gasteiger partial charge in [-0.3, -0.25) is 4.79 Å². The van der Waals surface area contributed by atoms with Crippen LogP contribution in [0.25, 0.3) is 0 Å². The third-order valence-electron chi connectivity index (χ3n) is 3.08.